The Kier molecular flexibility index (Phi) is 4.23. The Balaban J connectivity index is 2.12. The molecule has 0 saturated heterocycles. The molecule has 4 N–H and O–H groups in total. The van der Waals surface area contributed by atoms with Crippen LogP contribution in [0.4, 0.5) is 11.4 Å². The second kappa shape index (κ2) is 6.08. The van der Waals surface area contributed by atoms with Gasteiger partial charge in [-0.3, -0.25) is 20.8 Å². The number of nitrogens with one attached hydrogen (secondary N) is 2. The van der Waals surface area contributed by atoms with E-state index in [2.05, 4.69) is 15.7 Å². The molecule has 1 amide bonds. The number of hydrogen-bond donors (Lipinski definition) is 3. The smallest absolute Gasteiger partial charge is 0.293 e. The van der Waals surface area contributed by atoms with Gasteiger partial charge in [0, 0.05) is 23.2 Å². The van der Waals surface area contributed by atoms with Gasteiger partial charge in [0.15, 0.2) is 0 Å². The minimum absolute atomic E-state index is 0.0805. The fourth-order valence-electron chi connectivity index (χ4n) is 1.55. The Morgan fingerprint density at radius 1 is 1.50 bits per heavy atom. The largest absolute Gasteiger partial charge is 0.346 e. The highest BCUT2D eigenvalue weighted by Gasteiger charge is 2.16. The van der Waals surface area contributed by atoms with E-state index >= 15 is 0 Å². The van der Waals surface area contributed by atoms with Crippen LogP contribution < -0.4 is 16.6 Å². The van der Waals surface area contributed by atoms with Crippen molar-refractivity contribution in [2.45, 2.75) is 6.54 Å². The van der Waals surface area contributed by atoms with Gasteiger partial charge in [0.2, 0.25) is 0 Å². The second-order valence-corrected chi connectivity index (χ2v) is 4.72. The molecule has 0 atom stereocenters. The Labute approximate surface area is 117 Å². The van der Waals surface area contributed by atoms with Crippen LogP contribution in [-0.2, 0) is 6.54 Å². The van der Waals surface area contributed by atoms with Crippen LogP contribution in [0.25, 0.3) is 0 Å². The monoisotopic (exact) mass is 293 g/mol. The Morgan fingerprint density at radius 2 is 2.30 bits per heavy atom. The molecule has 8 nitrogen and oxygen atoms in total. The van der Waals surface area contributed by atoms with Crippen LogP contribution in [0.15, 0.2) is 29.8 Å². The number of carbonyl (C=O) groups excluding carboxylic acids is 1. The predicted octanol–water partition coefficient (Wildman–Crippen LogP) is 1.27. The second-order valence-electron chi connectivity index (χ2n) is 3.74. The third-order valence-electron chi connectivity index (χ3n) is 2.49. The van der Waals surface area contributed by atoms with E-state index in [1.165, 1.54) is 29.5 Å². The molecule has 104 valence electrons. The molecule has 0 aliphatic rings. The lowest BCUT2D eigenvalue weighted by molar-refractivity contribution is -0.384. The molecular weight excluding hydrogens is 282 g/mol. The number of rotatable bonds is 5. The minimum Gasteiger partial charge on any atom is -0.346 e. The third kappa shape index (κ3) is 3.08. The van der Waals surface area contributed by atoms with Gasteiger partial charge in [-0.2, -0.15) is 0 Å². The van der Waals surface area contributed by atoms with Gasteiger partial charge >= 0.3 is 0 Å². The first-order valence-electron chi connectivity index (χ1n) is 5.53. The van der Waals surface area contributed by atoms with Crippen molar-refractivity contribution in [3.05, 3.63) is 50.5 Å². The van der Waals surface area contributed by atoms with Crippen LogP contribution in [0.5, 0.6) is 0 Å². The van der Waals surface area contributed by atoms with E-state index < -0.39 is 4.92 Å². The molecule has 1 heterocycles. The summed E-state index contributed by atoms with van der Waals surface area (Å²) in [6.45, 7) is 0.304. The zero-order chi connectivity index (χ0) is 14.5. The molecule has 0 radical (unpaired) electrons. The topological polar surface area (TPSA) is 123 Å². The van der Waals surface area contributed by atoms with Crippen LogP contribution in [0.1, 0.15) is 15.4 Å². The molecule has 0 aliphatic heterocycles. The number of benzene rings is 1. The summed E-state index contributed by atoms with van der Waals surface area (Å²) in [6, 6.07) is 3.93. The summed E-state index contributed by atoms with van der Waals surface area (Å²) >= 11 is 1.43. The number of nitrogens with zero attached hydrogens (tertiary/aromatic N) is 2. The van der Waals surface area contributed by atoms with Crippen molar-refractivity contribution in [1.29, 1.82) is 0 Å². The predicted molar refractivity (Wildman–Crippen MR) is 74.2 cm³/mol. The number of nitro groups is 1. The van der Waals surface area contributed by atoms with Crippen molar-refractivity contribution in [1.82, 2.24) is 10.3 Å². The summed E-state index contributed by atoms with van der Waals surface area (Å²) in [5.41, 5.74) is 2.38. The Bertz CT molecular complexity index is 629. The zero-order valence-corrected chi connectivity index (χ0v) is 11.0. The van der Waals surface area contributed by atoms with Gasteiger partial charge in [0.05, 0.1) is 11.5 Å². The summed E-state index contributed by atoms with van der Waals surface area (Å²) in [6.07, 6.45) is 1.65. The first-order chi connectivity index (χ1) is 9.61. The number of thiazole rings is 1. The van der Waals surface area contributed by atoms with Gasteiger partial charge in [-0.1, -0.05) is 0 Å². The van der Waals surface area contributed by atoms with Gasteiger partial charge in [0.25, 0.3) is 11.6 Å². The number of aromatic nitrogens is 1. The Morgan fingerprint density at radius 3 is 2.90 bits per heavy atom. The molecule has 0 spiro atoms. The first kappa shape index (κ1) is 13.9. The highest BCUT2D eigenvalue weighted by molar-refractivity contribution is 7.09. The van der Waals surface area contributed by atoms with E-state index in [1.54, 1.807) is 6.20 Å². The minimum atomic E-state index is -0.577. The maximum absolute atomic E-state index is 11.9. The fraction of sp³-hybridized carbons (Fsp3) is 0.0909. The van der Waals surface area contributed by atoms with Gasteiger partial charge in [-0.15, -0.1) is 11.3 Å². The third-order valence-corrected chi connectivity index (χ3v) is 3.27. The van der Waals surface area contributed by atoms with Crippen LogP contribution in [-0.4, -0.2) is 15.8 Å². The number of amides is 1. The fourth-order valence-corrected chi connectivity index (χ4v) is 2.11. The van der Waals surface area contributed by atoms with E-state index in [0.717, 1.165) is 5.01 Å². The summed E-state index contributed by atoms with van der Waals surface area (Å²) < 4.78 is 0. The van der Waals surface area contributed by atoms with E-state index in [9.17, 15) is 14.9 Å². The number of nitro benzene ring substituents is 1. The maximum atomic E-state index is 11.9. The Hall–Kier alpha value is -2.52. The average Bonchev–Trinajstić information content (AvgIpc) is 2.97. The lowest BCUT2D eigenvalue weighted by Crippen LogP contribution is -2.23. The normalized spacial score (nSPS) is 10.1. The number of carbonyl (C=O) groups is 1. The lowest BCUT2D eigenvalue weighted by Gasteiger charge is -2.06. The summed E-state index contributed by atoms with van der Waals surface area (Å²) in [5.74, 6) is 4.86. The van der Waals surface area contributed by atoms with Crippen molar-refractivity contribution >= 4 is 28.6 Å². The van der Waals surface area contributed by atoms with Crippen molar-refractivity contribution in [3.8, 4) is 0 Å². The highest BCUT2D eigenvalue weighted by atomic mass is 32.1. The summed E-state index contributed by atoms with van der Waals surface area (Å²) in [4.78, 5) is 26.1. The number of hydrogen-bond acceptors (Lipinski definition) is 7. The van der Waals surface area contributed by atoms with Crippen LogP contribution in [0.2, 0.25) is 0 Å². The molecule has 0 aliphatic carbocycles. The van der Waals surface area contributed by atoms with Gasteiger partial charge in [-0.05, 0) is 12.1 Å². The molecule has 0 saturated carbocycles. The van der Waals surface area contributed by atoms with Crippen LogP contribution in [0, 0.1) is 10.1 Å². The highest BCUT2D eigenvalue weighted by Crippen LogP contribution is 2.24. The number of hydrazine groups is 1. The molecule has 1 aromatic carbocycles. The van der Waals surface area contributed by atoms with Crippen molar-refractivity contribution < 1.29 is 9.72 Å². The van der Waals surface area contributed by atoms with E-state index in [4.69, 9.17) is 5.84 Å². The zero-order valence-electron chi connectivity index (χ0n) is 10.2. The van der Waals surface area contributed by atoms with Gasteiger partial charge in [-0.25, -0.2) is 4.98 Å². The van der Waals surface area contributed by atoms with E-state index in [0.29, 0.717) is 6.54 Å². The molecule has 20 heavy (non-hydrogen) atoms. The van der Waals surface area contributed by atoms with E-state index in [-0.39, 0.29) is 22.8 Å². The van der Waals surface area contributed by atoms with Crippen molar-refractivity contribution in [3.63, 3.8) is 0 Å². The number of nitrogen functional groups attached to an aromatic ring is 1. The number of anilines is 1. The summed E-state index contributed by atoms with van der Waals surface area (Å²) in [7, 11) is 0. The number of nitrogens with two attached hydrogens (primary N) is 1. The van der Waals surface area contributed by atoms with Crippen LogP contribution in [0.3, 0.4) is 0 Å². The SMILES string of the molecule is NNc1cc(C(=O)NCc2nccs2)ccc1[N+](=O)[O-]. The van der Waals surface area contributed by atoms with Gasteiger partial charge < -0.3 is 10.7 Å². The van der Waals surface area contributed by atoms with Gasteiger partial charge in [0.1, 0.15) is 10.7 Å². The molecule has 9 heteroatoms. The standard InChI is InChI=1S/C11H11N5O3S/c12-15-8-5-7(1-2-9(8)16(18)19)11(17)14-6-10-13-3-4-20-10/h1-5,15H,6,12H2,(H,14,17). The average molecular weight is 293 g/mol. The quantitative estimate of drug-likeness (QED) is 0.433. The van der Waals surface area contributed by atoms with Crippen LogP contribution >= 0.6 is 11.3 Å². The maximum Gasteiger partial charge on any atom is 0.293 e. The first-order valence-corrected chi connectivity index (χ1v) is 6.41. The molecule has 1 aromatic heterocycles. The molecular formula is C11H11N5O3S. The van der Waals surface area contributed by atoms with E-state index in [1.807, 2.05) is 5.38 Å². The molecule has 0 bridgehead atoms. The van der Waals surface area contributed by atoms with Crippen molar-refractivity contribution in [2.75, 3.05) is 5.43 Å². The molecule has 2 aromatic rings. The molecule has 0 fully saturated rings. The summed E-state index contributed by atoms with van der Waals surface area (Å²) in [5, 5.41) is 16.0. The molecule has 2 rings (SSSR count). The molecule has 0 unspecified atom stereocenters. The lowest BCUT2D eigenvalue weighted by atomic mass is 10.1. The van der Waals surface area contributed by atoms with Crippen molar-refractivity contribution in [2.24, 2.45) is 5.84 Å².